The van der Waals surface area contributed by atoms with Crippen LogP contribution in [-0.2, 0) is 19.2 Å². The van der Waals surface area contributed by atoms with Gasteiger partial charge in [-0.05, 0) is 36.7 Å². The van der Waals surface area contributed by atoms with Crippen molar-refractivity contribution in [2.45, 2.75) is 64.7 Å². The van der Waals surface area contributed by atoms with Crippen LogP contribution in [0.15, 0.2) is 0 Å². The van der Waals surface area contributed by atoms with Crippen LogP contribution in [0.2, 0.25) is 0 Å². The Bertz CT molecular complexity index is 589. The molecule has 0 aliphatic carbocycles. The summed E-state index contributed by atoms with van der Waals surface area (Å²) in [5, 5.41) is 17.0. The van der Waals surface area contributed by atoms with E-state index in [0.29, 0.717) is 12.2 Å². The van der Waals surface area contributed by atoms with Crippen LogP contribution in [0, 0.1) is 11.8 Å². The molecule has 0 radical (unpaired) electrons. The summed E-state index contributed by atoms with van der Waals surface area (Å²) in [5.41, 5.74) is 5.81. The summed E-state index contributed by atoms with van der Waals surface area (Å²) in [6, 6.07) is -3.73. The number of hydrogen-bond acceptors (Lipinski definition) is 7. The smallest absolute Gasteiger partial charge is 0.326 e. The summed E-state index contributed by atoms with van der Waals surface area (Å²) >= 11 is 5.61. The second-order valence-electron chi connectivity index (χ2n) is 7.89. The molecule has 9 nitrogen and oxygen atoms in total. The number of nitrogens with one attached hydrogen (secondary N) is 3. The van der Waals surface area contributed by atoms with Gasteiger partial charge in [0.15, 0.2) is 0 Å². The fraction of sp³-hybridized carbons (Fsp3) is 0.789. The minimum absolute atomic E-state index is 0.0182. The van der Waals surface area contributed by atoms with Crippen molar-refractivity contribution in [3.63, 3.8) is 0 Å². The van der Waals surface area contributed by atoms with Crippen LogP contribution in [0.25, 0.3) is 0 Å². The van der Waals surface area contributed by atoms with Gasteiger partial charge in [-0.15, -0.1) is 0 Å². The van der Waals surface area contributed by atoms with Crippen molar-refractivity contribution in [3.8, 4) is 0 Å². The first kappa shape index (κ1) is 28.5. The lowest BCUT2D eigenvalue weighted by Crippen LogP contribution is -2.58. The number of hydrogen-bond donors (Lipinski definition) is 6. The third-order valence-corrected chi connectivity index (χ3v) is 5.41. The molecule has 0 fully saturated rings. The number of thioether (sulfide) groups is 1. The van der Waals surface area contributed by atoms with E-state index >= 15 is 0 Å². The SMILES string of the molecule is CSCCC(NC(=O)C(CS)NC(=O)C(N)C(C)C)C(=O)NC(CC(C)C)C(=O)O. The van der Waals surface area contributed by atoms with Gasteiger partial charge >= 0.3 is 5.97 Å². The molecule has 0 aromatic rings. The molecule has 11 heteroatoms. The number of aliphatic carboxylic acids is 1. The quantitative estimate of drug-likeness (QED) is 0.202. The van der Waals surface area contributed by atoms with Crippen LogP contribution in [-0.4, -0.2) is 70.7 Å². The second-order valence-corrected chi connectivity index (χ2v) is 9.24. The van der Waals surface area contributed by atoms with E-state index in [1.165, 1.54) is 11.8 Å². The first-order chi connectivity index (χ1) is 13.9. The van der Waals surface area contributed by atoms with E-state index < -0.39 is 47.9 Å². The predicted molar refractivity (Wildman–Crippen MR) is 123 cm³/mol. The number of thiol groups is 1. The van der Waals surface area contributed by atoms with Gasteiger partial charge in [-0.1, -0.05) is 27.7 Å². The van der Waals surface area contributed by atoms with Gasteiger partial charge in [-0.3, -0.25) is 14.4 Å². The number of carboxylic acid groups (broad SMARTS) is 1. The number of carbonyl (C=O) groups is 4. The number of amides is 3. The van der Waals surface area contributed by atoms with Gasteiger partial charge in [-0.2, -0.15) is 24.4 Å². The van der Waals surface area contributed by atoms with E-state index in [2.05, 4.69) is 28.6 Å². The highest BCUT2D eigenvalue weighted by molar-refractivity contribution is 7.98. The van der Waals surface area contributed by atoms with Crippen LogP contribution < -0.4 is 21.7 Å². The molecular weight excluding hydrogens is 428 g/mol. The molecule has 0 bridgehead atoms. The highest BCUT2D eigenvalue weighted by Crippen LogP contribution is 2.08. The lowest BCUT2D eigenvalue weighted by Gasteiger charge is -2.25. The maximum absolute atomic E-state index is 12.7. The first-order valence-corrected chi connectivity index (χ1v) is 12.0. The van der Waals surface area contributed by atoms with Gasteiger partial charge in [-0.25, -0.2) is 4.79 Å². The molecule has 6 N–H and O–H groups in total. The van der Waals surface area contributed by atoms with Crippen molar-refractivity contribution in [2.24, 2.45) is 17.6 Å². The van der Waals surface area contributed by atoms with E-state index in [0.717, 1.165) is 0 Å². The second kappa shape index (κ2) is 14.5. The molecule has 0 rings (SSSR count). The van der Waals surface area contributed by atoms with Gasteiger partial charge in [0, 0.05) is 5.75 Å². The van der Waals surface area contributed by atoms with E-state index in [1.54, 1.807) is 13.8 Å². The molecular formula is C19H36N4O5S2. The Hall–Kier alpha value is -1.46. The van der Waals surface area contributed by atoms with Crippen LogP contribution in [0.3, 0.4) is 0 Å². The third kappa shape index (κ3) is 10.5. The zero-order valence-corrected chi connectivity index (χ0v) is 20.0. The molecule has 4 unspecified atom stereocenters. The fourth-order valence-electron chi connectivity index (χ4n) is 2.51. The fourth-order valence-corrected chi connectivity index (χ4v) is 3.24. The summed E-state index contributed by atoms with van der Waals surface area (Å²) in [5.74, 6) is -2.20. The average molecular weight is 465 g/mol. The summed E-state index contributed by atoms with van der Waals surface area (Å²) in [4.78, 5) is 49.0. The summed E-state index contributed by atoms with van der Waals surface area (Å²) in [7, 11) is 0. The standard InChI is InChI=1S/C19H36N4O5S2/c1-10(2)8-13(19(27)28)22-16(24)12(6-7-30-5)21-17(25)14(9-29)23-18(26)15(20)11(3)4/h10-15,29H,6-9,20H2,1-5H3,(H,21,25)(H,22,24)(H,23,26)(H,27,28). The molecule has 0 saturated carbocycles. The summed E-state index contributed by atoms with van der Waals surface area (Å²) in [6.07, 6.45) is 2.44. The third-order valence-electron chi connectivity index (χ3n) is 4.40. The van der Waals surface area contributed by atoms with Crippen LogP contribution in [0.4, 0.5) is 0 Å². The maximum Gasteiger partial charge on any atom is 0.326 e. The Balaban J connectivity index is 5.23. The predicted octanol–water partition coefficient (Wildman–Crippen LogP) is 0.238. The Morgan fingerprint density at radius 1 is 0.933 bits per heavy atom. The van der Waals surface area contributed by atoms with Crippen LogP contribution in [0.5, 0.6) is 0 Å². The Labute approximate surface area is 188 Å². The minimum Gasteiger partial charge on any atom is -0.480 e. The van der Waals surface area contributed by atoms with Gasteiger partial charge in [0.2, 0.25) is 17.7 Å². The molecule has 0 aliphatic heterocycles. The highest BCUT2D eigenvalue weighted by Gasteiger charge is 2.30. The monoisotopic (exact) mass is 464 g/mol. The number of nitrogens with two attached hydrogens (primary N) is 1. The van der Waals surface area contributed by atoms with Crippen LogP contribution >= 0.6 is 24.4 Å². The molecule has 0 spiro atoms. The van der Waals surface area contributed by atoms with Gasteiger partial charge < -0.3 is 26.8 Å². The number of rotatable bonds is 14. The minimum atomic E-state index is -1.13. The normalized spacial score (nSPS) is 15.2. The van der Waals surface area contributed by atoms with Crippen molar-refractivity contribution >= 4 is 48.1 Å². The lowest BCUT2D eigenvalue weighted by molar-refractivity contribution is -0.142. The largest absolute Gasteiger partial charge is 0.480 e. The van der Waals surface area contributed by atoms with E-state index in [9.17, 15) is 24.3 Å². The average Bonchev–Trinajstić information content (AvgIpc) is 2.66. The molecule has 174 valence electrons. The Kier molecular flexibility index (Phi) is 13.8. The summed E-state index contributed by atoms with van der Waals surface area (Å²) < 4.78 is 0. The summed E-state index contributed by atoms with van der Waals surface area (Å²) in [6.45, 7) is 7.30. The maximum atomic E-state index is 12.7. The van der Waals surface area contributed by atoms with E-state index in [1.807, 2.05) is 20.1 Å². The van der Waals surface area contributed by atoms with Crippen LogP contribution in [0.1, 0.15) is 40.5 Å². The van der Waals surface area contributed by atoms with E-state index in [4.69, 9.17) is 5.73 Å². The number of carbonyl (C=O) groups excluding carboxylic acids is 3. The van der Waals surface area contributed by atoms with Crippen molar-refractivity contribution in [1.29, 1.82) is 0 Å². The molecule has 3 amide bonds. The first-order valence-electron chi connectivity index (χ1n) is 9.93. The van der Waals surface area contributed by atoms with Crippen molar-refractivity contribution in [3.05, 3.63) is 0 Å². The van der Waals surface area contributed by atoms with Gasteiger partial charge in [0.25, 0.3) is 0 Å². The zero-order valence-electron chi connectivity index (χ0n) is 18.3. The molecule has 0 aliphatic rings. The van der Waals surface area contributed by atoms with E-state index in [-0.39, 0.29) is 24.0 Å². The Morgan fingerprint density at radius 3 is 1.87 bits per heavy atom. The molecule has 0 heterocycles. The molecule has 4 atom stereocenters. The molecule has 0 saturated heterocycles. The zero-order chi connectivity index (χ0) is 23.4. The highest BCUT2D eigenvalue weighted by atomic mass is 32.2. The Morgan fingerprint density at radius 2 is 1.43 bits per heavy atom. The number of carboxylic acids is 1. The van der Waals surface area contributed by atoms with Crippen molar-refractivity contribution in [1.82, 2.24) is 16.0 Å². The lowest BCUT2D eigenvalue weighted by atomic mass is 10.0. The van der Waals surface area contributed by atoms with Crippen molar-refractivity contribution in [2.75, 3.05) is 17.8 Å². The molecule has 0 aromatic carbocycles. The molecule has 30 heavy (non-hydrogen) atoms. The van der Waals surface area contributed by atoms with Gasteiger partial charge in [0.05, 0.1) is 6.04 Å². The van der Waals surface area contributed by atoms with Crippen molar-refractivity contribution < 1.29 is 24.3 Å². The van der Waals surface area contributed by atoms with Gasteiger partial charge in [0.1, 0.15) is 18.1 Å². The topological polar surface area (TPSA) is 151 Å². The molecule has 0 aromatic heterocycles.